The van der Waals surface area contributed by atoms with Gasteiger partial charge in [-0.2, -0.15) is 0 Å². The SMILES string of the molecule is O=C(c1csnn1)N1CCc2ccc(C(=O)N3CCCC3)n2CC1. The normalized spacial score (nSPS) is 17.7. The van der Waals surface area contributed by atoms with Crippen LogP contribution in [0.2, 0.25) is 0 Å². The van der Waals surface area contributed by atoms with Gasteiger partial charge in [0.1, 0.15) is 5.69 Å². The van der Waals surface area contributed by atoms with Crippen LogP contribution >= 0.6 is 11.5 Å². The molecular formula is C16H19N5O2S. The highest BCUT2D eigenvalue weighted by molar-refractivity contribution is 7.03. The van der Waals surface area contributed by atoms with Gasteiger partial charge in [-0.3, -0.25) is 9.59 Å². The molecule has 2 aromatic rings. The van der Waals surface area contributed by atoms with Crippen LogP contribution in [0.1, 0.15) is 39.5 Å². The number of hydrogen-bond donors (Lipinski definition) is 0. The van der Waals surface area contributed by atoms with E-state index in [1.165, 1.54) is 11.5 Å². The third-order valence-corrected chi connectivity index (χ3v) is 5.29. The van der Waals surface area contributed by atoms with E-state index in [4.69, 9.17) is 0 Å². The smallest absolute Gasteiger partial charge is 0.275 e. The number of likely N-dealkylation sites (tertiary alicyclic amines) is 1. The van der Waals surface area contributed by atoms with E-state index in [1.54, 1.807) is 10.3 Å². The quantitative estimate of drug-likeness (QED) is 0.822. The zero-order valence-corrected chi connectivity index (χ0v) is 14.2. The summed E-state index contributed by atoms with van der Waals surface area (Å²) in [5.41, 5.74) is 2.26. The average molecular weight is 345 g/mol. The van der Waals surface area contributed by atoms with Crippen molar-refractivity contribution in [2.45, 2.75) is 25.8 Å². The first-order valence-corrected chi connectivity index (χ1v) is 9.12. The van der Waals surface area contributed by atoms with E-state index in [2.05, 4.69) is 14.2 Å². The number of carbonyl (C=O) groups is 2. The topological polar surface area (TPSA) is 71.3 Å². The molecule has 0 bridgehead atoms. The number of nitrogens with zero attached hydrogens (tertiary/aromatic N) is 5. The lowest BCUT2D eigenvalue weighted by Crippen LogP contribution is -2.34. The molecule has 0 radical (unpaired) electrons. The van der Waals surface area contributed by atoms with Crippen molar-refractivity contribution < 1.29 is 9.59 Å². The lowest BCUT2D eigenvalue weighted by atomic mass is 10.3. The Labute approximate surface area is 144 Å². The second-order valence-electron chi connectivity index (χ2n) is 6.19. The van der Waals surface area contributed by atoms with Gasteiger partial charge in [-0.05, 0) is 36.5 Å². The monoisotopic (exact) mass is 345 g/mol. The Morgan fingerprint density at radius 3 is 2.50 bits per heavy atom. The van der Waals surface area contributed by atoms with Crippen LogP contribution in [-0.2, 0) is 13.0 Å². The summed E-state index contributed by atoms with van der Waals surface area (Å²) >= 11 is 1.18. The van der Waals surface area contributed by atoms with Gasteiger partial charge in [0.25, 0.3) is 11.8 Å². The van der Waals surface area contributed by atoms with Gasteiger partial charge in [0.2, 0.25) is 0 Å². The van der Waals surface area contributed by atoms with E-state index in [9.17, 15) is 9.59 Å². The average Bonchev–Trinajstić information content (AvgIpc) is 3.34. The van der Waals surface area contributed by atoms with Crippen molar-refractivity contribution in [3.63, 3.8) is 0 Å². The molecular weight excluding hydrogens is 326 g/mol. The minimum atomic E-state index is -0.0816. The first-order valence-electron chi connectivity index (χ1n) is 8.28. The van der Waals surface area contributed by atoms with Crippen molar-refractivity contribution in [2.75, 3.05) is 26.2 Å². The molecule has 0 aliphatic carbocycles. The molecule has 0 aromatic carbocycles. The number of rotatable bonds is 2. The van der Waals surface area contributed by atoms with Crippen molar-refractivity contribution in [1.29, 1.82) is 0 Å². The van der Waals surface area contributed by atoms with E-state index < -0.39 is 0 Å². The minimum absolute atomic E-state index is 0.0816. The Morgan fingerprint density at radius 1 is 0.958 bits per heavy atom. The summed E-state index contributed by atoms with van der Waals surface area (Å²) in [6.45, 7) is 3.55. The molecule has 4 rings (SSSR count). The molecule has 0 unspecified atom stereocenters. The van der Waals surface area contributed by atoms with Crippen LogP contribution in [0.5, 0.6) is 0 Å². The van der Waals surface area contributed by atoms with Crippen LogP contribution in [0.3, 0.4) is 0 Å². The summed E-state index contributed by atoms with van der Waals surface area (Å²) in [4.78, 5) is 28.9. The maximum atomic E-state index is 12.7. The van der Waals surface area contributed by atoms with Crippen molar-refractivity contribution in [1.82, 2.24) is 24.0 Å². The maximum absolute atomic E-state index is 12.7. The van der Waals surface area contributed by atoms with Crippen LogP contribution in [0.4, 0.5) is 0 Å². The Bertz CT molecular complexity index is 749. The predicted octanol–water partition coefficient (Wildman–Crippen LogP) is 1.27. The molecule has 0 spiro atoms. The fourth-order valence-electron chi connectivity index (χ4n) is 3.47. The number of amides is 2. The van der Waals surface area contributed by atoms with E-state index >= 15 is 0 Å². The van der Waals surface area contributed by atoms with Crippen molar-refractivity contribution >= 4 is 23.3 Å². The lowest BCUT2D eigenvalue weighted by molar-refractivity contribution is 0.0752. The first kappa shape index (κ1) is 15.3. The molecule has 4 heterocycles. The summed E-state index contributed by atoms with van der Waals surface area (Å²) in [5, 5.41) is 5.54. The van der Waals surface area contributed by atoms with Crippen LogP contribution < -0.4 is 0 Å². The molecule has 0 saturated carbocycles. The molecule has 24 heavy (non-hydrogen) atoms. The molecule has 1 fully saturated rings. The highest BCUT2D eigenvalue weighted by Crippen LogP contribution is 2.19. The van der Waals surface area contributed by atoms with E-state index in [1.807, 2.05) is 17.0 Å². The molecule has 0 N–H and O–H groups in total. The predicted molar refractivity (Wildman–Crippen MR) is 89.1 cm³/mol. The third kappa shape index (κ3) is 2.71. The third-order valence-electron chi connectivity index (χ3n) is 4.78. The summed E-state index contributed by atoms with van der Waals surface area (Å²) in [6, 6.07) is 3.94. The molecule has 2 aliphatic heterocycles. The van der Waals surface area contributed by atoms with Gasteiger partial charge in [-0.25, -0.2) is 0 Å². The summed E-state index contributed by atoms with van der Waals surface area (Å²) < 4.78 is 5.84. The van der Waals surface area contributed by atoms with Gasteiger partial charge >= 0.3 is 0 Å². The highest BCUT2D eigenvalue weighted by Gasteiger charge is 2.26. The Hall–Kier alpha value is -2.22. The fourth-order valence-corrected chi connectivity index (χ4v) is 3.90. The molecule has 126 valence electrons. The Morgan fingerprint density at radius 2 is 1.75 bits per heavy atom. The highest BCUT2D eigenvalue weighted by atomic mass is 32.1. The van der Waals surface area contributed by atoms with E-state index in [-0.39, 0.29) is 11.8 Å². The molecule has 2 amide bonds. The summed E-state index contributed by atoms with van der Waals surface area (Å²) in [5.74, 6) is 0.0316. The van der Waals surface area contributed by atoms with E-state index in [0.717, 1.165) is 43.7 Å². The van der Waals surface area contributed by atoms with Gasteiger partial charge in [-0.15, -0.1) is 5.10 Å². The van der Waals surface area contributed by atoms with Gasteiger partial charge in [0.05, 0.1) is 0 Å². The first-order chi connectivity index (χ1) is 11.7. The Balaban J connectivity index is 1.51. The Kier molecular flexibility index (Phi) is 4.05. The molecule has 8 heteroatoms. The van der Waals surface area contributed by atoms with E-state index in [0.29, 0.717) is 25.3 Å². The second-order valence-corrected chi connectivity index (χ2v) is 6.80. The molecule has 1 saturated heterocycles. The number of hydrogen-bond acceptors (Lipinski definition) is 5. The zero-order valence-electron chi connectivity index (χ0n) is 13.3. The van der Waals surface area contributed by atoms with Crippen molar-refractivity contribution in [3.8, 4) is 0 Å². The standard InChI is InChI=1S/C16H19N5O2S/c22-15(13-11-24-18-17-13)20-8-5-12-3-4-14(21(12)10-9-20)16(23)19-6-1-2-7-19/h3-4,11H,1-2,5-10H2. The second kappa shape index (κ2) is 6.35. The van der Waals surface area contributed by atoms with Crippen molar-refractivity contribution in [3.05, 3.63) is 34.6 Å². The van der Waals surface area contributed by atoms with Crippen LogP contribution in [0.15, 0.2) is 17.5 Å². The van der Waals surface area contributed by atoms with Gasteiger partial charge < -0.3 is 14.4 Å². The molecule has 7 nitrogen and oxygen atoms in total. The fraction of sp³-hybridized carbons (Fsp3) is 0.500. The van der Waals surface area contributed by atoms with Gasteiger partial charge in [-0.1, -0.05) is 4.49 Å². The minimum Gasteiger partial charge on any atom is -0.339 e. The largest absolute Gasteiger partial charge is 0.339 e. The zero-order chi connectivity index (χ0) is 16.5. The maximum Gasteiger partial charge on any atom is 0.275 e. The van der Waals surface area contributed by atoms with Crippen molar-refractivity contribution in [2.24, 2.45) is 0 Å². The van der Waals surface area contributed by atoms with Gasteiger partial charge in [0, 0.05) is 50.2 Å². The summed E-state index contributed by atoms with van der Waals surface area (Å²) in [7, 11) is 0. The molecule has 2 aliphatic rings. The number of fused-ring (bicyclic) bond motifs is 1. The molecule has 0 atom stereocenters. The number of carbonyl (C=O) groups excluding carboxylic acids is 2. The van der Waals surface area contributed by atoms with Crippen LogP contribution in [0, 0.1) is 0 Å². The van der Waals surface area contributed by atoms with Crippen LogP contribution in [-0.4, -0.2) is 61.9 Å². The molecule has 2 aromatic heterocycles. The van der Waals surface area contributed by atoms with Gasteiger partial charge in [0.15, 0.2) is 5.69 Å². The lowest BCUT2D eigenvalue weighted by Gasteiger charge is -2.20. The summed E-state index contributed by atoms with van der Waals surface area (Å²) in [6.07, 6.45) is 2.92. The number of aromatic nitrogens is 3. The van der Waals surface area contributed by atoms with Crippen LogP contribution in [0.25, 0.3) is 0 Å².